The minimum atomic E-state index is -0.318. The van der Waals surface area contributed by atoms with E-state index >= 15 is 0 Å². The van der Waals surface area contributed by atoms with Crippen LogP contribution in [-0.2, 0) is 4.79 Å². The lowest BCUT2D eigenvalue weighted by molar-refractivity contribution is -0.109. The molecule has 0 saturated carbocycles. The molecule has 0 saturated heterocycles. The van der Waals surface area contributed by atoms with Crippen molar-refractivity contribution in [3.63, 3.8) is 0 Å². The number of halogens is 2. The van der Waals surface area contributed by atoms with Crippen LogP contribution in [0.1, 0.15) is 12.5 Å². The fourth-order valence-corrected chi connectivity index (χ4v) is 1.56. The van der Waals surface area contributed by atoms with Gasteiger partial charge in [0, 0.05) is 17.0 Å². The molecule has 0 fully saturated rings. The first-order chi connectivity index (χ1) is 7.09. The first-order valence-electron chi connectivity index (χ1n) is 4.17. The molecule has 15 heavy (non-hydrogen) atoms. The van der Waals surface area contributed by atoms with Gasteiger partial charge in [-0.15, -0.1) is 0 Å². The standard InChI is InChI=1S/C11H8BrFOS/c1-8(14)15-6-2-3-9-7-10(13)4-5-11(9)12/h4-5,7H,6H2,1H3. The molecular formula is C11H8BrFOS. The Bertz CT molecular complexity index is 434. The molecule has 0 aliphatic carbocycles. The van der Waals surface area contributed by atoms with E-state index in [1.807, 2.05) is 0 Å². The summed E-state index contributed by atoms with van der Waals surface area (Å²) in [6.07, 6.45) is 0. The van der Waals surface area contributed by atoms with Crippen LogP contribution in [0.5, 0.6) is 0 Å². The third-order valence-corrected chi connectivity index (χ3v) is 2.89. The minimum absolute atomic E-state index is 0.0302. The van der Waals surface area contributed by atoms with Gasteiger partial charge in [-0.3, -0.25) is 4.79 Å². The summed E-state index contributed by atoms with van der Waals surface area (Å²) < 4.78 is 13.6. The fourth-order valence-electron chi connectivity index (χ4n) is 0.862. The second-order valence-corrected chi connectivity index (χ2v) is 4.71. The van der Waals surface area contributed by atoms with Gasteiger partial charge in [-0.05, 0) is 34.1 Å². The quantitative estimate of drug-likeness (QED) is 0.738. The molecular weight excluding hydrogens is 279 g/mol. The van der Waals surface area contributed by atoms with Crippen LogP contribution in [0.25, 0.3) is 0 Å². The van der Waals surface area contributed by atoms with Crippen molar-refractivity contribution in [3.8, 4) is 11.8 Å². The smallest absolute Gasteiger partial charge is 0.186 e. The summed E-state index contributed by atoms with van der Waals surface area (Å²) in [7, 11) is 0. The summed E-state index contributed by atoms with van der Waals surface area (Å²) in [5.74, 6) is 5.71. The predicted molar refractivity (Wildman–Crippen MR) is 64.1 cm³/mol. The number of carbonyl (C=O) groups excluding carboxylic acids is 1. The Kier molecular flexibility index (Phi) is 4.86. The van der Waals surface area contributed by atoms with Crippen molar-refractivity contribution < 1.29 is 9.18 Å². The Balaban J connectivity index is 2.71. The maximum Gasteiger partial charge on any atom is 0.186 e. The van der Waals surface area contributed by atoms with Crippen molar-refractivity contribution in [1.82, 2.24) is 0 Å². The van der Waals surface area contributed by atoms with Gasteiger partial charge in [0.05, 0.1) is 5.75 Å². The van der Waals surface area contributed by atoms with Crippen molar-refractivity contribution in [2.24, 2.45) is 0 Å². The summed E-state index contributed by atoms with van der Waals surface area (Å²) in [4.78, 5) is 10.6. The topological polar surface area (TPSA) is 17.1 Å². The van der Waals surface area contributed by atoms with E-state index < -0.39 is 0 Å². The molecule has 1 nitrogen and oxygen atoms in total. The third kappa shape index (κ3) is 4.50. The summed E-state index contributed by atoms with van der Waals surface area (Å²) in [5, 5.41) is 0.0302. The van der Waals surface area contributed by atoms with Crippen molar-refractivity contribution >= 4 is 32.8 Å². The monoisotopic (exact) mass is 286 g/mol. The molecule has 4 heteroatoms. The average Bonchev–Trinajstić information content (AvgIpc) is 2.17. The fraction of sp³-hybridized carbons (Fsp3) is 0.182. The first-order valence-corrected chi connectivity index (χ1v) is 5.95. The van der Waals surface area contributed by atoms with Crippen LogP contribution < -0.4 is 0 Å². The summed E-state index contributed by atoms with van der Waals surface area (Å²) in [6.45, 7) is 1.49. The van der Waals surface area contributed by atoms with Crippen molar-refractivity contribution in [1.29, 1.82) is 0 Å². The number of thioether (sulfide) groups is 1. The van der Waals surface area contributed by atoms with Crippen LogP contribution in [0, 0.1) is 17.7 Å². The summed E-state index contributed by atoms with van der Waals surface area (Å²) in [6, 6.07) is 4.33. The molecule has 0 bridgehead atoms. The molecule has 0 spiro atoms. The van der Waals surface area contributed by atoms with Crippen LogP contribution in [0.2, 0.25) is 0 Å². The van der Waals surface area contributed by atoms with Gasteiger partial charge in [-0.1, -0.05) is 23.6 Å². The van der Waals surface area contributed by atoms with Crippen LogP contribution in [0.4, 0.5) is 4.39 Å². The molecule has 0 aromatic heterocycles. The first kappa shape index (κ1) is 12.3. The van der Waals surface area contributed by atoms with E-state index in [9.17, 15) is 9.18 Å². The Morgan fingerprint density at radius 2 is 2.33 bits per heavy atom. The Hall–Kier alpha value is -0.790. The van der Waals surface area contributed by atoms with Gasteiger partial charge in [0.1, 0.15) is 5.82 Å². The van der Waals surface area contributed by atoms with Gasteiger partial charge >= 0.3 is 0 Å². The van der Waals surface area contributed by atoms with Gasteiger partial charge in [-0.25, -0.2) is 4.39 Å². The Morgan fingerprint density at radius 1 is 1.60 bits per heavy atom. The highest BCUT2D eigenvalue weighted by molar-refractivity contribution is 9.10. The highest BCUT2D eigenvalue weighted by atomic mass is 79.9. The van der Waals surface area contributed by atoms with Crippen LogP contribution in [-0.4, -0.2) is 10.9 Å². The lowest BCUT2D eigenvalue weighted by Crippen LogP contribution is -1.84. The van der Waals surface area contributed by atoms with Gasteiger partial charge in [0.2, 0.25) is 0 Å². The second-order valence-electron chi connectivity index (χ2n) is 2.71. The Morgan fingerprint density at radius 3 is 3.00 bits per heavy atom. The van der Waals surface area contributed by atoms with E-state index in [0.717, 1.165) is 16.2 Å². The molecule has 1 aromatic carbocycles. The molecule has 1 rings (SSSR count). The zero-order chi connectivity index (χ0) is 11.3. The average molecular weight is 287 g/mol. The zero-order valence-electron chi connectivity index (χ0n) is 8.01. The van der Waals surface area contributed by atoms with Crippen LogP contribution in [0.3, 0.4) is 0 Å². The second kappa shape index (κ2) is 5.94. The van der Waals surface area contributed by atoms with E-state index in [2.05, 4.69) is 27.8 Å². The lowest BCUT2D eigenvalue weighted by Gasteiger charge is -1.95. The molecule has 0 aliphatic heterocycles. The van der Waals surface area contributed by atoms with E-state index in [1.165, 1.54) is 19.1 Å². The minimum Gasteiger partial charge on any atom is -0.288 e. The van der Waals surface area contributed by atoms with E-state index in [-0.39, 0.29) is 10.9 Å². The molecule has 0 radical (unpaired) electrons. The molecule has 0 unspecified atom stereocenters. The molecule has 0 amide bonds. The molecule has 0 aliphatic rings. The summed E-state index contributed by atoms with van der Waals surface area (Å²) >= 11 is 4.41. The number of rotatable bonds is 1. The SMILES string of the molecule is CC(=O)SCC#Cc1cc(F)ccc1Br. The molecule has 0 heterocycles. The molecule has 1 aromatic rings. The highest BCUT2D eigenvalue weighted by Gasteiger charge is 1.97. The largest absolute Gasteiger partial charge is 0.288 e. The predicted octanol–water partition coefficient (Wildman–Crippen LogP) is 3.22. The van der Waals surface area contributed by atoms with Gasteiger partial charge in [0.25, 0.3) is 0 Å². The van der Waals surface area contributed by atoms with E-state index in [4.69, 9.17) is 0 Å². The zero-order valence-corrected chi connectivity index (χ0v) is 10.4. The van der Waals surface area contributed by atoms with Gasteiger partial charge in [0.15, 0.2) is 5.12 Å². The maximum atomic E-state index is 12.8. The third-order valence-electron chi connectivity index (χ3n) is 1.50. The molecule has 0 atom stereocenters. The number of hydrogen-bond acceptors (Lipinski definition) is 2. The number of hydrogen-bond donors (Lipinski definition) is 0. The highest BCUT2D eigenvalue weighted by Crippen LogP contribution is 2.16. The lowest BCUT2D eigenvalue weighted by atomic mass is 10.2. The molecule has 78 valence electrons. The van der Waals surface area contributed by atoms with Crippen molar-refractivity contribution in [2.75, 3.05) is 5.75 Å². The summed E-state index contributed by atoms with van der Waals surface area (Å²) in [5.41, 5.74) is 0.596. The van der Waals surface area contributed by atoms with Crippen LogP contribution >= 0.6 is 27.7 Å². The normalized spacial score (nSPS) is 9.27. The van der Waals surface area contributed by atoms with Gasteiger partial charge in [-0.2, -0.15) is 0 Å². The molecule has 0 N–H and O–H groups in total. The number of carbonyl (C=O) groups is 1. The number of benzene rings is 1. The van der Waals surface area contributed by atoms with Crippen molar-refractivity contribution in [3.05, 3.63) is 34.1 Å². The van der Waals surface area contributed by atoms with E-state index in [1.54, 1.807) is 6.07 Å². The maximum absolute atomic E-state index is 12.8. The Labute approximate surface area is 101 Å². The van der Waals surface area contributed by atoms with Gasteiger partial charge < -0.3 is 0 Å². The van der Waals surface area contributed by atoms with Crippen molar-refractivity contribution in [2.45, 2.75) is 6.92 Å². The van der Waals surface area contributed by atoms with Crippen LogP contribution in [0.15, 0.2) is 22.7 Å². The van der Waals surface area contributed by atoms with E-state index in [0.29, 0.717) is 11.3 Å².